The van der Waals surface area contributed by atoms with E-state index in [-0.39, 0.29) is 18.1 Å². The number of aliphatic carboxylic acids is 1. The maximum absolute atomic E-state index is 11.7. The number of hydrogen-bond donors (Lipinski definition) is 3. The van der Waals surface area contributed by atoms with E-state index in [1.54, 1.807) is 0 Å². The van der Waals surface area contributed by atoms with Crippen LogP contribution >= 0.6 is 0 Å². The molecule has 6 nitrogen and oxygen atoms in total. The maximum atomic E-state index is 11.7. The average molecular weight is 256 g/mol. The van der Waals surface area contributed by atoms with Gasteiger partial charge in [0.1, 0.15) is 6.04 Å². The smallest absolute Gasteiger partial charge is 0.326 e. The third-order valence-electron chi connectivity index (χ3n) is 3.53. The van der Waals surface area contributed by atoms with Crippen molar-refractivity contribution in [2.75, 3.05) is 6.61 Å². The quantitative estimate of drug-likeness (QED) is 0.676. The number of rotatable bonds is 5. The topological polar surface area (TPSA) is 87.7 Å². The molecule has 1 aliphatic carbocycles. The summed E-state index contributed by atoms with van der Waals surface area (Å²) in [7, 11) is 0. The lowest BCUT2D eigenvalue weighted by molar-refractivity contribution is -0.139. The minimum atomic E-state index is -0.961. The molecule has 1 saturated carbocycles. The predicted molar refractivity (Wildman–Crippen MR) is 64.3 cm³/mol. The number of carboxylic acid groups (broad SMARTS) is 1. The zero-order chi connectivity index (χ0) is 13.1. The summed E-state index contributed by atoms with van der Waals surface area (Å²) in [6.07, 6.45) is 3.74. The van der Waals surface area contributed by atoms with E-state index in [4.69, 9.17) is 9.84 Å². The fourth-order valence-corrected chi connectivity index (χ4v) is 2.29. The molecule has 3 unspecified atom stereocenters. The van der Waals surface area contributed by atoms with Crippen molar-refractivity contribution in [3.05, 3.63) is 0 Å². The number of nitrogens with one attached hydrogen (secondary N) is 2. The molecule has 3 N–H and O–H groups in total. The highest BCUT2D eigenvalue weighted by Gasteiger charge is 2.37. The molecule has 2 fully saturated rings. The molecule has 2 aliphatic rings. The number of carbonyl (C=O) groups excluding carboxylic acids is 1. The number of ether oxygens (including phenoxy) is 1. The number of amides is 2. The molecule has 0 aromatic heterocycles. The molecule has 102 valence electrons. The second kappa shape index (κ2) is 5.56. The third kappa shape index (κ3) is 3.35. The van der Waals surface area contributed by atoms with Crippen molar-refractivity contribution in [3.63, 3.8) is 0 Å². The Balaban J connectivity index is 1.78. The van der Waals surface area contributed by atoms with E-state index in [1.807, 2.05) is 6.92 Å². The van der Waals surface area contributed by atoms with Crippen molar-refractivity contribution in [1.29, 1.82) is 0 Å². The Bertz CT molecular complexity index is 324. The van der Waals surface area contributed by atoms with Crippen LogP contribution in [0.3, 0.4) is 0 Å². The molecule has 18 heavy (non-hydrogen) atoms. The van der Waals surface area contributed by atoms with E-state index in [2.05, 4.69) is 10.6 Å². The molecular weight excluding hydrogens is 236 g/mol. The third-order valence-corrected chi connectivity index (χ3v) is 3.53. The van der Waals surface area contributed by atoms with Crippen molar-refractivity contribution >= 4 is 12.0 Å². The Morgan fingerprint density at radius 1 is 1.28 bits per heavy atom. The zero-order valence-corrected chi connectivity index (χ0v) is 10.5. The molecule has 6 heteroatoms. The van der Waals surface area contributed by atoms with Crippen molar-refractivity contribution < 1.29 is 19.4 Å². The van der Waals surface area contributed by atoms with Crippen LogP contribution in [-0.2, 0) is 9.53 Å². The van der Waals surface area contributed by atoms with Crippen LogP contribution in [0.15, 0.2) is 0 Å². The molecule has 0 spiro atoms. The van der Waals surface area contributed by atoms with E-state index in [9.17, 15) is 9.59 Å². The van der Waals surface area contributed by atoms with Crippen molar-refractivity contribution in [1.82, 2.24) is 10.6 Å². The van der Waals surface area contributed by atoms with Crippen LogP contribution in [0.4, 0.5) is 4.79 Å². The fraction of sp³-hybridized carbons (Fsp3) is 0.833. The molecule has 0 radical (unpaired) electrons. The van der Waals surface area contributed by atoms with Crippen molar-refractivity contribution in [2.24, 2.45) is 5.92 Å². The number of urea groups is 1. The van der Waals surface area contributed by atoms with Gasteiger partial charge in [-0.25, -0.2) is 9.59 Å². The molecule has 2 amide bonds. The highest BCUT2D eigenvalue weighted by atomic mass is 16.5. The number of carboxylic acids is 1. The lowest BCUT2D eigenvalue weighted by Gasteiger charge is -2.22. The minimum absolute atomic E-state index is 0.0416. The van der Waals surface area contributed by atoms with Gasteiger partial charge in [0.2, 0.25) is 0 Å². The Morgan fingerprint density at radius 2 is 2.00 bits per heavy atom. The summed E-state index contributed by atoms with van der Waals surface area (Å²) in [5.74, 6) is -0.872. The van der Waals surface area contributed by atoms with Gasteiger partial charge in [-0.2, -0.15) is 0 Å². The Hall–Kier alpha value is -1.30. The van der Waals surface area contributed by atoms with E-state index >= 15 is 0 Å². The van der Waals surface area contributed by atoms with Crippen LogP contribution in [0.1, 0.15) is 32.6 Å². The Morgan fingerprint density at radius 3 is 2.50 bits per heavy atom. The first-order valence-corrected chi connectivity index (χ1v) is 6.49. The van der Waals surface area contributed by atoms with Gasteiger partial charge in [-0.15, -0.1) is 0 Å². The van der Waals surface area contributed by atoms with E-state index < -0.39 is 18.0 Å². The zero-order valence-electron chi connectivity index (χ0n) is 10.5. The van der Waals surface area contributed by atoms with Gasteiger partial charge in [0.05, 0.1) is 12.1 Å². The van der Waals surface area contributed by atoms with Gasteiger partial charge in [-0.05, 0) is 38.5 Å². The summed E-state index contributed by atoms with van der Waals surface area (Å²) in [5.41, 5.74) is 0. The normalized spacial score (nSPS) is 26.4. The van der Waals surface area contributed by atoms with Gasteiger partial charge in [-0.3, -0.25) is 0 Å². The fourth-order valence-electron chi connectivity index (χ4n) is 2.29. The van der Waals surface area contributed by atoms with Crippen LogP contribution in [0.25, 0.3) is 0 Å². The molecular formula is C12H20N2O4. The standard InChI is InChI=1S/C12H20N2O4/c1-7(9-3-2-6-18-9)13-12(17)14-10(11(15)16)8-4-5-8/h7-10H,2-6H2,1H3,(H,15,16)(H2,13,14,17). The first kappa shape index (κ1) is 13.1. The molecule has 0 aromatic carbocycles. The van der Waals surface area contributed by atoms with Gasteiger partial charge in [0.25, 0.3) is 0 Å². The monoisotopic (exact) mass is 256 g/mol. The molecule has 1 heterocycles. The first-order valence-electron chi connectivity index (χ1n) is 6.49. The predicted octanol–water partition coefficient (Wildman–Crippen LogP) is 0.716. The van der Waals surface area contributed by atoms with E-state index in [1.165, 1.54) is 0 Å². The Labute approximate surface area is 106 Å². The molecule has 2 rings (SSSR count). The second-order valence-electron chi connectivity index (χ2n) is 5.11. The minimum Gasteiger partial charge on any atom is -0.480 e. The summed E-state index contributed by atoms with van der Waals surface area (Å²) in [4.78, 5) is 22.7. The van der Waals surface area contributed by atoms with Crippen LogP contribution in [0, 0.1) is 5.92 Å². The molecule has 1 saturated heterocycles. The molecule has 1 aliphatic heterocycles. The van der Waals surface area contributed by atoms with Gasteiger partial charge in [-0.1, -0.05) is 0 Å². The average Bonchev–Trinajstić information content (AvgIpc) is 2.98. The summed E-state index contributed by atoms with van der Waals surface area (Å²) in [6, 6.07) is -1.28. The van der Waals surface area contributed by atoms with E-state index in [0.29, 0.717) is 0 Å². The number of carbonyl (C=O) groups is 2. The molecule has 0 bridgehead atoms. The maximum Gasteiger partial charge on any atom is 0.326 e. The van der Waals surface area contributed by atoms with E-state index in [0.717, 1.165) is 32.3 Å². The first-order chi connectivity index (χ1) is 8.58. The lowest BCUT2D eigenvalue weighted by Crippen LogP contribution is -2.51. The Kier molecular flexibility index (Phi) is 4.06. The molecule has 3 atom stereocenters. The summed E-state index contributed by atoms with van der Waals surface area (Å²) in [5, 5.41) is 14.3. The van der Waals surface area contributed by atoms with Gasteiger partial charge >= 0.3 is 12.0 Å². The largest absolute Gasteiger partial charge is 0.480 e. The van der Waals surface area contributed by atoms with Gasteiger partial charge < -0.3 is 20.5 Å². The lowest BCUT2D eigenvalue weighted by atomic mass is 10.1. The summed E-state index contributed by atoms with van der Waals surface area (Å²) >= 11 is 0. The SMILES string of the molecule is CC(NC(=O)NC(C(=O)O)C1CC1)C1CCCO1. The van der Waals surface area contributed by atoms with Gasteiger partial charge in [0, 0.05) is 6.61 Å². The van der Waals surface area contributed by atoms with Crippen molar-refractivity contribution in [2.45, 2.75) is 50.8 Å². The van der Waals surface area contributed by atoms with Crippen LogP contribution in [-0.4, -0.2) is 41.9 Å². The summed E-state index contributed by atoms with van der Waals surface area (Å²) in [6.45, 7) is 2.61. The molecule has 0 aromatic rings. The summed E-state index contributed by atoms with van der Waals surface area (Å²) < 4.78 is 5.47. The van der Waals surface area contributed by atoms with Crippen LogP contribution in [0.5, 0.6) is 0 Å². The van der Waals surface area contributed by atoms with Crippen molar-refractivity contribution in [3.8, 4) is 0 Å². The highest BCUT2D eigenvalue weighted by Crippen LogP contribution is 2.32. The highest BCUT2D eigenvalue weighted by molar-refractivity contribution is 5.83. The van der Waals surface area contributed by atoms with Crippen LogP contribution < -0.4 is 10.6 Å². The van der Waals surface area contributed by atoms with Crippen LogP contribution in [0.2, 0.25) is 0 Å². The second-order valence-corrected chi connectivity index (χ2v) is 5.11. The number of hydrogen-bond acceptors (Lipinski definition) is 3. The van der Waals surface area contributed by atoms with Gasteiger partial charge in [0.15, 0.2) is 0 Å².